The van der Waals surface area contributed by atoms with Gasteiger partial charge in [0.05, 0.1) is 17.2 Å². The van der Waals surface area contributed by atoms with Crippen molar-refractivity contribution in [1.82, 2.24) is 4.98 Å². The lowest BCUT2D eigenvalue weighted by molar-refractivity contribution is 0.554. The van der Waals surface area contributed by atoms with Crippen molar-refractivity contribution in [3.05, 3.63) is 28.5 Å². The van der Waals surface area contributed by atoms with Gasteiger partial charge in [0.15, 0.2) is 0 Å². The van der Waals surface area contributed by atoms with E-state index in [1.807, 2.05) is 12.1 Å². The van der Waals surface area contributed by atoms with Gasteiger partial charge >= 0.3 is 0 Å². The van der Waals surface area contributed by atoms with E-state index >= 15 is 0 Å². The van der Waals surface area contributed by atoms with Crippen LogP contribution in [0.2, 0.25) is 0 Å². The fourth-order valence-corrected chi connectivity index (χ4v) is 2.30. The van der Waals surface area contributed by atoms with Crippen LogP contribution in [0.3, 0.4) is 0 Å². The Kier molecular flexibility index (Phi) is 2.56. The average molecular weight is 251 g/mol. The van der Waals surface area contributed by atoms with E-state index < -0.39 is 0 Å². The first-order valence-electron chi connectivity index (χ1n) is 4.80. The topological polar surface area (TPSA) is 36.7 Å². The van der Waals surface area contributed by atoms with Crippen molar-refractivity contribution in [3.8, 4) is 6.07 Å². The van der Waals surface area contributed by atoms with Gasteiger partial charge in [0.2, 0.25) is 0 Å². The van der Waals surface area contributed by atoms with E-state index in [1.54, 1.807) is 6.20 Å². The first-order chi connectivity index (χ1) is 6.77. The standard InChI is InChI=1S/C11H11BrN2/c12-9-3-4-10(14-7-9)11(8-13)5-1-2-6-11/h3-4,7H,1-2,5-6H2. The van der Waals surface area contributed by atoms with Crippen LogP contribution < -0.4 is 0 Å². The van der Waals surface area contributed by atoms with E-state index in [0.717, 1.165) is 35.8 Å². The fourth-order valence-electron chi connectivity index (χ4n) is 2.06. The number of nitrogens with zero attached hydrogens (tertiary/aromatic N) is 2. The van der Waals surface area contributed by atoms with Crippen molar-refractivity contribution in [2.75, 3.05) is 0 Å². The molecule has 0 bridgehead atoms. The van der Waals surface area contributed by atoms with Crippen molar-refractivity contribution in [2.45, 2.75) is 31.1 Å². The molecule has 1 saturated carbocycles. The summed E-state index contributed by atoms with van der Waals surface area (Å²) >= 11 is 3.35. The Bertz CT molecular complexity index is 358. The minimum absolute atomic E-state index is 0.305. The maximum Gasteiger partial charge on any atom is 0.0993 e. The van der Waals surface area contributed by atoms with Gasteiger partial charge in [0.25, 0.3) is 0 Å². The fraction of sp³-hybridized carbons (Fsp3) is 0.455. The smallest absolute Gasteiger partial charge is 0.0993 e. The zero-order valence-electron chi connectivity index (χ0n) is 7.83. The second-order valence-electron chi connectivity index (χ2n) is 3.76. The lowest BCUT2D eigenvalue weighted by Gasteiger charge is -2.18. The first-order valence-corrected chi connectivity index (χ1v) is 5.59. The van der Waals surface area contributed by atoms with Gasteiger partial charge in [-0.3, -0.25) is 4.98 Å². The molecular formula is C11H11BrN2. The largest absolute Gasteiger partial charge is 0.258 e. The van der Waals surface area contributed by atoms with Crippen LogP contribution in [-0.2, 0) is 5.41 Å². The molecule has 1 aromatic rings. The molecule has 0 amide bonds. The summed E-state index contributed by atoms with van der Waals surface area (Å²) < 4.78 is 0.965. The second kappa shape index (κ2) is 3.70. The zero-order valence-corrected chi connectivity index (χ0v) is 9.42. The predicted molar refractivity (Wildman–Crippen MR) is 57.7 cm³/mol. The van der Waals surface area contributed by atoms with E-state index in [4.69, 9.17) is 0 Å². The number of hydrogen-bond donors (Lipinski definition) is 0. The molecule has 0 atom stereocenters. The Hall–Kier alpha value is -0.880. The summed E-state index contributed by atoms with van der Waals surface area (Å²) in [4.78, 5) is 4.33. The molecule has 72 valence electrons. The van der Waals surface area contributed by atoms with Gasteiger partial charge in [0, 0.05) is 10.7 Å². The van der Waals surface area contributed by atoms with Crippen molar-refractivity contribution in [3.63, 3.8) is 0 Å². The van der Waals surface area contributed by atoms with Crippen molar-refractivity contribution in [2.24, 2.45) is 0 Å². The summed E-state index contributed by atoms with van der Waals surface area (Å²) in [6.07, 6.45) is 5.97. The minimum Gasteiger partial charge on any atom is -0.258 e. The third-order valence-electron chi connectivity index (χ3n) is 2.89. The quantitative estimate of drug-likeness (QED) is 0.768. The number of hydrogen-bond acceptors (Lipinski definition) is 2. The highest BCUT2D eigenvalue weighted by atomic mass is 79.9. The summed E-state index contributed by atoms with van der Waals surface area (Å²) in [7, 11) is 0. The third-order valence-corrected chi connectivity index (χ3v) is 3.36. The van der Waals surface area contributed by atoms with Gasteiger partial charge in [-0.15, -0.1) is 0 Å². The Morgan fingerprint density at radius 2 is 2.07 bits per heavy atom. The summed E-state index contributed by atoms with van der Waals surface area (Å²) in [6, 6.07) is 6.35. The molecular weight excluding hydrogens is 240 g/mol. The maximum atomic E-state index is 9.24. The normalized spacial score (nSPS) is 19.1. The van der Waals surface area contributed by atoms with Gasteiger partial charge in [0.1, 0.15) is 0 Å². The van der Waals surface area contributed by atoms with Crippen LogP contribution in [0.4, 0.5) is 0 Å². The second-order valence-corrected chi connectivity index (χ2v) is 4.68. The molecule has 0 radical (unpaired) electrons. The molecule has 14 heavy (non-hydrogen) atoms. The van der Waals surface area contributed by atoms with E-state index in [2.05, 4.69) is 27.0 Å². The molecule has 3 heteroatoms. The molecule has 0 unspecified atom stereocenters. The Morgan fingerprint density at radius 1 is 1.36 bits per heavy atom. The number of halogens is 1. The molecule has 1 fully saturated rings. The van der Waals surface area contributed by atoms with E-state index in [9.17, 15) is 5.26 Å². The van der Waals surface area contributed by atoms with Crippen LogP contribution in [0.1, 0.15) is 31.4 Å². The highest BCUT2D eigenvalue weighted by molar-refractivity contribution is 9.10. The SMILES string of the molecule is N#CC1(c2ccc(Br)cn2)CCCC1. The minimum atomic E-state index is -0.305. The summed E-state index contributed by atoms with van der Waals surface area (Å²) in [5, 5.41) is 9.24. The van der Waals surface area contributed by atoms with Crippen LogP contribution in [0.15, 0.2) is 22.8 Å². The van der Waals surface area contributed by atoms with Crippen LogP contribution >= 0.6 is 15.9 Å². The van der Waals surface area contributed by atoms with Crippen LogP contribution in [-0.4, -0.2) is 4.98 Å². The summed E-state index contributed by atoms with van der Waals surface area (Å²) in [5.74, 6) is 0. The molecule has 2 nitrogen and oxygen atoms in total. The number of rotatable bonds is 1. The molecule has 1 aliphatic carbocycles. The van der Waals surface area contributed by atoms with E-state index in [1.165, 1.54) is 0 Å². The highest BCUT2D eigenvalue weighted by Crippen LogP contribution is 2.39. The zero-order chi connectivity index (χ0) is 10.0. The molecule has 2 rings (SSSR count). The lowest BCUT2D eigenvalue weighted by Crippen LogP contribution is -2.20. The van der Waals surface area contributed by atoms with Gasteiger partial charge < -0.3 is 0 Å². The first kappa shape index (κ1) is 9.67. The van der Waals surface area contributed by atoms with Crippen molar-refractivity contribution >= 4 is 15.9 Å². The van der Waals surface area contributed by atoms with Gasteiger partial charge in [-0.1, -0.05) is 12.8 Å². The summed E-state index contributed by atoms with van der Waals surface area (Å²) in [5.41, 5.74) is 0.626. The van der Waals surface area contributed by atoms with Gasteiger partial charge in [-0.2, -0.15) is 5.26 Å². The molecule has 1 aliphatic rings. The predicted octanol–water partition coefficient (Wildman–Crippen LogP) is 3.18. The molecule has 0 spiro atoms. The number of pyridine rings is 1. The number of aromatic nitrogens is 1. The average Bonchev–Trinajstić information content (AvgIpc) is 2.68. The molecule has 1 aromatic heterocycles. The molecule has 0 N–H and O–H groups in total. The van der Waals surface area contributed by atoms with Crippen LogP contribution in [0.25, 0.3) is 0 Å². The van der Waals surface area contributed by atoms with Crippen molar-refractivity contribution in [1.29, 1.82) is 5.26 Å². The molecule has 1 heterocycles. The third kappa shape index (κ3) is 1.55. The molecule has 0 aromatic carbocycles. The van der Waals surface area contributed by atoms with Crippen LogP contribution in [0.5, 0.6) is 0 Å². The summed E-state index contributed by atoms with van der Waals surface area (Å²) in [6.45, 7) is 0. The molecule has 0 aliphatic heterocycles. The monoisotopic (exact) mass is 250 g/mol. The Labute approximate surface area is 92.1 Å². The van der Waals surface area contributed by atoms with E-state index in [-0.39, 0.29) is 5.41 Å². The van der Waals surface area contributed by atoms with Gasteiger partial charge in [-0.05, 0) is 40.9 Å². The van der Waals surface area contributed by atoms with E-state index in [0.29, 0.717) is 0 Å². The molecule has 0 saturated heterocycles. The lowest BCUT2D eigenvalue weighted by atomic mass is 9.84. The number of nitriles is 1. The highest BCUT2D eigenvalue weighted by Gasteiger charge is 2.36. The van der Waals surface area contributed by atoms with Crippen molar-refractivity contribution < 1.29 is 0 Å². The van der Waals surface area contributed by atoms with Gasteiger partial charge in [-0.25, -0.2) is 0 Å². The Balaban J connectivity index is 2.37. The van der Waals surface area contributed by atoms with Crippen LogP contribution in [0, 0.1) is 11.3 Å². The Morgan fingerprint density at radius 3 is 2.57 bits per heavy atom. The maximum absolute atomic E-state index is 9.24.